The van der Waals surface area contributed by atoms with E-state index in [0.29, 0.717) is 0 Å². The minimum absolute atomic E-state index is 0.0726. The second-order valence-electron chi connectivity index (χ2n) is 3.28. The van der Waals surface area contributed by atoms with Crippen LogP contribution in [0.15, 0.2) is 0 Å². The third-order valence-electron chi connectivity index (χ3n) is 2.49. The van der Waals surface area contributed by atoms with Gasteiger partial charge >= 0.3 is 0 Å². The van der Waals surface area contributed by atoms with Gasteiger partial charge in [-0.25, -0.2) is 4.39 Å². The molecular formula is C9H17FNO. The Balaban J connectivity index is 2.25. The van der Waals surface area contributed by atoms with Crippen LogP contribution in [0.25, 0.3) is 0 Å². The fourth-order valence-corrected chi connectivity index (χ4v) is 1.52. The highest BCUT2D eigenvalue weighted by Gasteiger charge is 2.22. The van der Waals surface area contributed by atoms with E-state index in [1.54, 1.807) is 7.11 Å². The number of rotatable bonds is 3. The van der Waals surface area contributed by atoms with Gasteiger partial charge in [0.15, 0.2) is 0 Å². The predicted molar refractivity (Wildman–Crippen MR) is 46.5 cm³/mol. The van der Waals surface area contributed by atoms with Gasteiger partial charge in [-0.2, -0.15) is 0 Å². The van der Waals surface area contributed by atoms with Gasteiger partial charge in [-0.1, -0.05) is 0 Å². The monoisotopic (exact) mass is 174 g/mol. The lowest BCUT2D eigenvalue weighted by Crippen LogP contribution is -2.40. The SMILES string of the molecule is CO[C]1CCN(C(C)CF)CC1. The Bertz CT molecular complexity index is 124. The Morgan fingerprint density at radius 3 is 2.50 bits per heavy atom. The van der Waals surface area contributed by atoms with Crippen molar-refractivity contribution in [2.24, 2.45) is 0 Å². The molecule has 0 spiro atoms. The molecule has 1 rings (SSSR count). The number of methoxy groups -OCH3 is 1. The predicted octanol–water partition coefficient (Wildman–Crippen LogP) is 1.62. The standard InChI is InChI=1S/C9H17FNO/c1-8(7-10)11-5-3-9(12-2)4-6-11/h8H,3-7H2,1-2H3. The van der Waals surface area contributed by atoms with Crippen LogP contribution in [-0.2, 0) is 4.74 Å². The zero-order valence-electron chi connectivity index (χ0n) is 7.85. The molecule has 1 saturated heterocycles. The van der Waals surface area contributed by atoms with Crippen molar-refractivity contribution in [1.29, 1.82) is 0 Å². The first-order chi connectivity index (χ1) is 5.77. The second kappa shape index (κ2) is 4.77. The summed E-state index contributed by atoms with van der Waals surface area (Å²) in [4.78, 5) is 2.17. The molecule has 2 nitrogen and oxygen atoms in total. The van der Waals surface area contributed by atoms with E-state index < -0.39 is 0 Å². The molecule has 1 atom stereocenters. The van der Waals surface area contributed by atoms with Gasteiger partial charge in [0.1, 0.15) is 6.67 Å². The average Bonchev–Trinajstić information content (AvgIpc) is 2.17. The summed E-state index contributed by atoms with van der Waals surface area (Å²) in [6.07, 6.45) is 3.07. The lowest BCUT2D eigenvalue weighted by Gasteiger charge is -2.33. The van der Waals surface area contributed by atoms with E-state index in [0.717, 1.165) is 32.0 Å². The molecular weight excluding hydrogens is 157 g/mol. The molecule has 0 aromatic heterocycles. The Labute approximate surface area is 73.7 Å². The van der Waals surface area contributed by atoms with Crippen LogP contribution in [0.4, 0.5) is 4.39 Å². The average molecular weight is 174 g/mol. The van der Waals surface area contributed by atoms with Crippen molar-refractivity contribution in [3.8, 4) is 0 Å². The van der Waals surface area contributed by atoms with Gasteiger partial charge in [-0.15, -0.1) is 0 Å². The molecule has 1 heterocycles. The first kappa shape index (κ1) is 9.93. The van der Waals surface area contributed by atoms with Crippen LogP contribution >= 0.6 is 0 Å². The Morgan fingerprint density at radius 1 is 1.50 bits per heavy atom. The highest BCUT2D eigenvalue weighted by atomic mass is 19.1. The van der Waals surface area contributed by atoms with Crippen molar-refractivity contribution < 1.29 is 9.13 Å². The molecule has 0 N–H and O–H groups in total. The molecule has 1 fully saturated rings. The van der Waals surface area contributed by atoms with Gasteiger partial charge in [0, 0.05) is 26.2 Å². The van der Waals surface area contributed by atoms with E-state index in [-0.39, 0.29) is 12.7 Å². The van der Waals surface area contributed by atoms with Crippen molar-refractivity contribution in [3.63, 3.8) is 0 Å². The molecule has 0 amide bonds. The summed E-state index contributed by atoms with van der Waals surface area (Å²) in [5.41, 5.74) is 0. The van der Waals surface area contributed by atoms with Crippen LogP contribution in [0.5, 0.6) is 0 Å². The number of nitrogens with zero attached hydrogens (tertiary/aromatic N) is 1. The maximum absolute atomic E-state index is 12.3. The Morgan fingerprint density at radius 2 is 2.08 bits per heavy atom. The van der Waals surface area contributed by atoms with Crippen molar-refractivity contribution in [1.82, 2.24) is 4.90 Å². The highest BCUT2D eigenvalue weighted by Crippen LogP contribution is 2.20. The molecule has 12 heavy (non-hydrogen) atoms. The number of alkyl halides is 1. The summed E-state index contributed by atoms with van der Waals surface area (Å²) in [5, 5.41) is 0. The Hall–Kier alpha value is -0.150. The molecule has 71 valence electrons. The van der Waals surface area contributed by atoms with Crippen molar-refractivity contribution in [3.05, 3.63) is 6.10 Å². The largest absolute Gasteiger partial charge is 0.375 e. The lowest BCUT2D eigenvalue weighted by molar-refractivity contribution is 0.0917. The molecule has 0 aliphatic carbocycles. The van der Waals surface area contributed by atoms with E-state index in [9.17, 15) is 4.39 Å². The summed E-state index contributed by atoms with van der Waals surface area (Å²) >= 11 is 0. The molecule has 0 aromatic carbocycles. The van der Waals surface area contributed by atoms with E-state index in [2.05, 4.69) is 4.90 Å². The minimum atomic E-state index is -0.248. The zero-order valence-corrected chi connectivity index (χ0v) is 7.85. The van der Waals surface area contributed by atoms with E-state index in [1.165, 1.54) is 0 Å². The van der Waals surface area contributed by atoms with E-state index in [4.69, 9.17) is 4.74 Å². The van der Waals surface area contributed by atoms with E-state index in [1.807, 2.05) is 6.92 Å². The summed E-state index contributed by atoms with van der Waals surface area (Å²) in [6, 6.07) is 0.0726. The van der Waals surface area contributed by atoms with Gasteiger partial charge in [-0.05, 0) is 19.8 Å². The summed E-state index contributed by atoms with van der Waals surface area (Å²) in [7, 11) is 1.71. The normalized spacial score (nSPS) is 24.2. The van der Waals surface area contributed by atoms with Crippen LogP contribution < -0.4 is 0 Å². The molecule has 3 heteroatoms. The van der Waals surface area contributed by atoms with Crippen LogP contribution in [-0.4, -0.2) is 37.8 Å². The topological polar surface area (TPSA) is 12.5 Å². The molecule has 1 radical (unpaired) electrons. The molecule has 1 unspecified atom stereocenters. The first-order valence-electron chi connectivity index (χ1n) is 4.46. The van der Waals surface area contributed by atoms with Crippen LogP contribution in [0, 0.1) is 6.10 Å². The quantitative estimate of drug-likeness (QED) is 0.644. The maximum atomic E-state index is 12.3. The van der Waals surface area contributed by atoms with Crippen LogP contribution in [0.1, 0.15) is 19.8 Å². The zero-order chi connectivity index (χ0) is 8.97. The van der Waals surface area contributed by atoms with Gasteiger partial charge < -0.3 is 4.74 Å². The van der Waals surface area contributed by atoms with Crippen molar-refractivity contribution in [2.45, 2.75) is 25.8 Å². The number of likely N-dealkylation sites (tertiary alicyclic amines) is 1. The third-order valence-corrected chi connectivity index (χ3v) is 2.49. The molecule has 1 aliphatic heterocycles. The summed E-state index contributed by atoms with van der Waals surface area (Å²) < 4.78 is 17.4. The number of halogens is 1. The van der Waals surface area contributed by atoms with Gasteiger partial charge in [0.05, 0.1) is 6.10 Å². The van der Waals surface area contributed by atoms with Crippen molar-refractivity contribution >= 4 is 0 Å². The lowest BCUT2D eigenvalue weighted by atomic mass is 10.1. The third kappa shape index (κ3) is 2.42. The second-order valence-corrected chi connectivity index (χ2v) is 3.28. The van der Waals surface area contributed by atoms with E-state index >= 15 is 0 Å². The first-order valence-corrected chi connectivity index (χ1v) is 4.46. The summed E-state index contributed by atoms with van der Waals surface area (Å²) in [6.45, 7) is 3.56. The Kier molecular flexibility index (Phi) is 3.95. The fourth-order valence-electron chi connectivity index (χ4n) is 1.52. The number of hydrogen-bond acceptors (Lipinski definition) is 2. The smallest absolute Gasteiger partial charge is 0.105 e. The minimum Gasteiger partial charge on any atom is -0.375 e. The molecule has 0 saturated carbocycles. The van der Waals surface area contributed by atoms with Gasteiger partial charge in [-0.3, -0.25) is 4.90 Å². The van der Waals surface area contributed by atoms with Crippen LogP contribution in [0.3, 0.4) is 0 Å². The van der Waals surface area contributed by atoms with Gasteiger partial charge in [0.2, 0.25) is 0 Å². The highest BCUT2D eigenvalue weighted by molar-refractivity contribution is 4.87. The number of ether oxygens (including phenoxy) is 1. The van der Waals surface area contributed by atoms with Crippen LogP contribution in [0.2, 0.25) is 0 Å². The number of piperidine rings is 1. The fraction of sp³-hybridized carbons (Fsp3) is 0.889. The summed E-state index contributed by atoms with van der Waals surface area (Å²) in [5.74, 6) is 0. The molecule has 0 bridgehead atoms. The van der Waals surface area contributed by atoms with Crippen molar-refractivity contribution in [2.75, 3.05) is 26.9 Å². The maximum Gasteiger partial charge on any atom is 0.105 e. The molecule has 0 aromatic rings. The molecule has 1 aliphatic rings. The number of hydrogen-bond donors (Lipinski definition) is 0. The van der Waals surface area contributed by atoms with Gasteiger partial charge in [0.25, 0.3) is 0 Å².